The zero-order chi connectivity index (χ0) is 25.3. The van der Waals surface area contributed by atoms with Gasteiger partial charge in [0.05, 0.1) is 6.04 Å². The lowest BCUT2D eigenvalue weighted by Crippen LogP contribution is -2.55. The Kier molecular flexibility index (Phi) is 7.38. The summed E-state index contributed by atoms with van der Waals surface area (Å²) in [6, 6.07) is 7.74. The average Bonchev–Trinajstić information content (AvgIpc) is 3.17. The fraction of sp³-hybridized carbons (Fsp3) is 0.538. The van der Waals surface area contributed by atoms with Crippen LogP contribution in [0, 0.1) is 19.8 Å². The highest BCUT2D eigenvalue weighted by atomic mass is 32.2. The largest absolute Gasteiger partial charge is 0.475 e. The van der Waals surface area contributed by atoms with Crippen LogP contribution in [0.4, 0.5) is 4.79 Å². The highest BCUT2D eigenvalue weighted by Crippen LogP contribution is 2.40. The highest BCUT2D eigenvalue weighted by molar-refractivity contribution is 7.67. The molecule has 0 unspecified atom stereocenters. The number of fused-ring (bicyclic) bond motifs is 1. The molecule has 2 heterocycles. The van der Waals surface area contributed by atoms with E-state index in [1.807, 2.05) is 65.1 Å². The van der Waals surface area contributed by atoms with Crippen LogP contribution in [-0.4, -0.2) is 49.2 Å². The molecule has 1 aromatic carbocycles. The number of thiol groups is 1. The first-order valence-corrected chi connectivity index (χ1v) is 13.1. The molecule has 1 saturated heterocycles. The summed E-state index contributed by atoms with van der Waals surface area (Å²) in [5.74, 6) is 0.522. The number of aryl methyl sites for hydroxylation is 1. The van der Waals surface area contributed by atoms with Gasteiger partial charge in [-0.3, -0.25) is 4.18 Å². The maximum absolute atomic E-state index is 12.4. The van der Waals surface area contributed by atoms with E-state index in [1.54, 1.807) is 4.90 Å². The zero-order valence-electron chi connectivity index (χ0n) is 20.9. The Hall–Kier alpha value is -2.65. The Morgan fingerprint density at radius 2 is 1.89 bits per heavy atom. The van der Waals surface area contributed by atoms with Gasteiger partial charge in [-0.05, 0) is 76.5 Å². The smallest absolute Gasteiger partial charge is 0.410 e. The number of pyridine rings is 1. The first-order valence-electron chi connectivity index (χ1n) is 12.0. The van der Waals surface area contributed by atoms with E-state index in [0.29, 0.717) is 31.9 Å². The SMILES string of the molecule is Cc1ccc([C@@H](O[SH](=O)=O)[C@@H]2Cc3cnc(OC[C@@H]4CCN4C(=O)OC(C)(C)C)c(C)c3C2)cc1. The van der Waals surface area contributed by atoms with Crippen LogP contribution >= 0.6 is 0 Å². The van der Waals surface area contributed by atoms with Crippen molar-refractivity contribution < 1.29 is 26.9 Å². The van der Waals surface area contributed by atoms with Gasteiger partial charge in [-0.1, -0.05) is 29.8 Å². The van der Waals surface area contributed by atoms with Gasteiger partial charge >= 0.3 is 6.09 Å². The van der Waals surface area contributed by atoms with Crippen molar-refractivity contribution in [3.8, 4) is 5.88 Å². The Morgan fingerprint density at radius 1 is 1.17 bits per heavy atom. The molecule has 1 amide bonds. The lowest BCUT2D eigenvalue weighted by Gasteiger charge is -2.40. The first-order chi connectivity index (χ1) is 16.5. The second-order valence-corrected chi connectivity index (χ2v) is 11.1. The molecule has 1 aliphatic heterocycles. The van der Waals surface area contributed by atoms with Gasteiger partial charge in [0.2, 0.25) is 5.88 Å². The number of hydrogen-bond donors (Lipinski definition) is 1. The molecule has 0 bridgehead atoms. The third-order valence-electron chi connectivity index (χ3n) is 6.67. The van der Waals surface area contributed by atoms with Crippen molar-refractivity contribution in [1.82, 2.24) is 9.88 Å². The van der Waals surface area contributed by atoms with Crippen molar-refractivity contribution in [1.29, 1.82) is 0 Å². The van der Waals surface area contributed by atoms with Crippen molar-refractivity contribution in [2.24, 2.45) is 5.92 Å². The first kappa shape index (κ1) is 25.4. The van der Waals surface area contributed by atoms with Gasteiger partial charge in [0.1, 0.15) is 18.3 Å². The lowest BCUT2D eigenvalue weighted by atomic mass is 9.92. The number of hydrogen-bond acceptors (Lipinski definition) is 7. The minimum Gasteiger partial charge on any atom is -0.475 e. The maximum atomic E-state index is 12.4. The molecule has 9 heteroatoms. The lowest BCUT2D eigenvalue weighted by molar-refractivity contribution is -0.0145. The van der Waals surface area contributed by atoms with E-state index in [-0.39, 0.29) is 18.1 Å². The summed E-state index contributed by atoms with van der Waals surface area (Å²) in [7, 11) is -2.99. The number of amides is 1. The third kappa shape index (κ3) is 5.95. The molecule has 0 spiro atoms. The van der Waals surface area contributed by atoms with Crippen LogP contribution in [-0.2, 0) is 32.7 Å². The molecule has 1 aliphatic carbocycles. The molecular weight excluding hydrogens is 468 g/mol. The van der Waals surface area contributed by atoms with Crippen molar-refractivity contribution in [3.63, 3.8) is 0 Å². The molecule has 8 nitrogen and oxygen atoms in total. The van der Waals surface area contributed by atoms with Gasteiger partial charge in [0, 0.05) is 18.3 Å². The van der Waals surface area contributed by atoms with Gasteiger partial charge in [-0.15, -0.1) is 0 Å². The molecule has 35 heavy (non-hydrogen) atoms. The summed E-state index contributed by atoms with van der Waals surface area (Å²) in [5, 5.41) is 0. The highest BCUT2D eigenvalue weighted by Gasteiger charge is 2.37. The van der Waals surface area contributed by atoms with Crippen LogP contribution in [0.3, 0.4) is 0 Å². The number of benzene rings is 1. The Bertz CT molecular complexity index is 1150. The quantitative estimate of drug-likeness (QED) is 0.570. The molecule has 0 radical (unpaired) electrons. The number of carbonyl (C=O) groups excluding carboxylic acids is 1. The number of nitrogens with zero attached hydrogens (tertiary/aromatic N) is 2. The van der Waals surface area contributed by atoms with Crippen LogP contribution in [0.15, 0.2) is 30.5 Å². The summed E-state index contributed by atoms with van der Waals surface area (Å²) in [6.45, 7) is 10.5. The fourth-order valence-corrected chi connectivity index (χ4v) is 5.22. The maximum Gasteiger partial charge on any atom is 0.410 e. The Balaban J connectivity index is 1.44. The summed E-state index contributed by atoms with van der Waals surface area (Å²) in [4.78, 5) is 18.6. The van der Waals surface area contributed by atoms with Gasteiger partial charge in [-0.2, -0.15) is 0 Å². The molecule has 1 fully saturated rings. The Labute approximate surface area is 208 Å². The normalized spacial score (nSPS) is 20.3. The molecule has 0 N–H and O–H groups in total. The molecule has 190 valence electrons. The van der Waals surface area contributed by atoms with E-state index in [1.165, 1.54) is 0 Å². The van der Waals surface area contributed by atoms with E-state index in [2.05, 4.69) is 4.98 Å². The fourth-order valence-electron chi connectivity index (χ4n) is 4.74. The van der Waals surface area contributed by atoms with E-state index in [9.17, 15) is 13.2 Å². The zero-order valence-corrected chi connectivity index (χ0v) is 21.8. The van der Waals surface area contributed by atoms with E-state index < -0.39 is 22.7 Å². The van der Waals surface area contributed by atoms with Gasteiger partial charge in [0.25, 0.3) is 11.0 Å². The van der Waals surface area contributed by atoms with Crippen LogP contribution in [0.5, 0.6) is 5.88 Å². The number of ether oxygens (including phenoxy) is 2. The second-order valence-electron chi connectivity index (χ2n) is 10.4. The van der Waals surface area contributed by atoms with Gasteiger partial charge in [-0.25, -0.2) is 18.2 Å². The van der Waals surface area contributed by atoms with E-state index >= 15 is 0 Å². The molecule has 2 aromatic rings. The molecular formula is C26H34N2O6S. The predicted molar refractivity (Wildman–Crippen MR) is 132 cm³/mol. The van der Waals surface area contributed by atoms with Crippen LogP contribution < -0.4 is 4.74 Å². The number of aromatic nitrogens is 1. The van der Waals surface area contributed by atoms with Gasteiger partial charge < -0.3 is 14.4 Å². The van der Waals surface area contributed by atoms with E-state index in [4.69, 9.17) is 13.7 Å². The third-order valence-corrected chi connectivity index (χ3v) is 7.06. The summed E-state index contributed by atoms with van der Waals surface area (Å²) >= 11 is 0. The predicted octanol–water partition coefficient (Wildman–Crippen LogP) is 4.09. The minimum absolute atomic E-state index is 0.0225. The second kappa shape index (κ2) is 10.1. The molecule has 1 aromatic heterocycles. The Morgan fingerprint density at radius 3 is 2.49 bits per heavy atom. The average molecular weight is 503 g/mol. The molecule has 3 atom stereocenters. The van der Waals surface area contributed by atoms with Crippen LogP contribution in [0.25, 0.3) is 0 Å². The minimum atomic E-state index is -2.99. The van der Waals surface area contributed by atoms with E-state index in [0.717, 1.165) is 34.2 Å². The molecule has 2 aliphatic rings. The topological polar surface area (TPSA) is 95.0 Å². The summed E-state index contributed by atoms with van der Waals surface area (Å²) in [5.41, 5.74) is 4.57. The number of carbonyl (C=O) groups is 1. The standard InChI is InChI=1S/C26H34N2O6S/c1-16-6-8-18(9-7-16)23(34-35(30)31)19-12-20-14-27-24(17(2)22(20)13-19)32-15-21-10-11-28(21)25(29)33-26(3,4)5/h6-9,14,19,21,23,35H,10-13,15H2,1-5H3/t19-,21+,23-/m1/s1. The number of likely N-dealkylation sites (tertiary alicyclic amines) is 1. The van der Waals surface area contributed by atoms with Gasteiger partial charge in [0.15, 0.2) is 0 Å². The summed E-state index contributed by atoms with van der Waals surface area (Å²) < 4.78 is 39.9. The molecule has 4 rings (SSSR count). The summed E-state index contributed by atoms with van der Waals surface area (Å²) in [6.07, 6.45) is 3.15. The number of rotatable bonds is 7. The monoisotopic (exact) mass is 502 g/mol. The van der Waals surface area contributed by atoms with Crippen molar-refractivity contribution in [3.05, 3.63) is 58.3 Å². The van der Waals surface area contributed by atoms with Crippen molar-refractivity contribution >= 4 is 17.1 Å². The van der Waals surface area contributed by atoms with Crippen LogP contribution in [0.2, 0.25) is 0 Å². The van der Waals surface area contributed by atoms with Crippen molar-refractivity contribution in [2.75, 3.05) is 13.2 Å². The van der Waals surface area contributed by atoms with Crippen LogP contribution in [0.1, 0.15) is 61.1 Å². The molecule has 0 saturated carbocycles. The van der Waals surface area contributed by atoms with Crippen molar-refractivity contribution in [2.45, 2.75) is 71.6 Å².